The van der Waals surface area contributed by atoms with E-state index >= 15 is 0 Å². The molecule has 2 spiro atoms. The first-order valence-electron chi connectivity index (χ1n) is 15.0. The number of ether oxygens (including phenoxy) is 1. The molecular weight excluding hydrogens is 470 g/mol. The largest absolute Gasteiger partial charge is 0.392 e. The molecule has 0 amide bonds. The molecule has 2 saturated heterocycles. The van der Waals surface area contributed by atoms with Crippen LogP contribution in [0.4, 0.5) is 0 Å². The van der Waals surface area contributed by atoms with E-state index in [9.17, 15) is 5.11 Å². The molecular formula is C33H39N3O2. The number of aliphatic hydroxyl groups is 1. The summed E-state index contributed by atoms with van der Waals surface area (Å²) in [4.78, 5) is 7.06. The Balaban J connectivity index is 1.10. The minimum atomic E-state index is -0.357. The van der Waals surface area contributed by atoms with Crippen molar-refractivity contribution in [2.24, 2.45) is 28.9 Å². The molecule has 0 radical (unpaired) electrons. The summed E-state index contributed by atoms with van der Waals surface area (Å²) in [5.74, 6) is 1.92. The van der Waals surface area contributed by atoms with Gasteiger partial charge in [-0.2, -0.15) is 0 Å². The number of nitrogens with zero attached hydrogens (tertiary/aromatic N) is 2. The van der Waals surface area contributed by atoms with Crippen molar-refractivity contribution in [1.29, 1.82) is 0 Å². The van der Waals surface area contributed by atoms with Gasteiger partial charge in [0.15, 0.2) is 0 Å². The van der Waals surface area contributed by atoms with Crippen molar-refractivity contribution in [3.63, 3.8) is 0 Å². The molecule has 2 aromatic rings. The Kier molecular flexibility index (Phi) is 4.41. The van der Waals surface area contributed by atoms with Gasteiger partial charge in [0.2, 0.25) is 0 Å². The molecule has 1 aromatic heterocycles. The quantitative estimate of drug-likeness (QED) is 0.614. The van der Waals surface area contributed by atoms with E-state index < -0.39 is 0 Å². The molecule has 1 aromatic carbocycles. The van der Waals surface area contributed by atoms with Crippen molar-refractivity contribution in [3.05, 3.63) is 65.5 Å². The summed E-state index contributed by atoms with van der Waals surface area (Å²) in [7, 11) is 0. The van der Waals surface area contributed by atoms with Gasteiger partial charge in [0.05, 0.1) is 17.3 Å². The van der Waals surface area contributed by atoms with Gasteiger partial charge in [-0.15, -0.1) is 0 Å². The molecule has 1 unspecified atom stereocenters. The lowest BCUT2D eigenvalue weighted by Gasteiger charge is -2.54. The van der Waals surface area contributed by atoms with Crippen LogP contribution < -0.4 is 5.73 Å². The standard InChI is InChI=1S/C33H39N3O2/c1-31-7-4-22-13-26-24-14-25(24)27(36-11-6-23(34)18-36)16-32(26)8-9-33(22,38-32)29(31)15-28(37)30(31)20-3-2-19-5-10-35-17-21(19)12-20/h2-5,10,12-13,17,23-25,27-30,37H,6-9,11,14-16,18,34H2,1H3/t23-,24+,25-,27+,28-,29-,30+,31+,32-,33?/m1/s1. The second-order valence-corrected chi connectivity index (χ2v) is 14.1. The van der Waals surface area contributed by atoms with Gasteiger partial charge in [0.1, 0.15) is 0 Å². The average Bonchev–Trinajstić information content (AvgIpc) is 3.38. The maximum Gasteiger partial charge on any atom is 0.0975 e. The summed E-state index contributed by atoms with van der Waals surface area (Å²) in [5.41, 5.74) is 10.2. The molecule has 5 nitrogen and oxygen atoms in total. The number of pyridine rings is 1. The maximum atomic E-state index is 11.7. The lowest BCUT2D eigenvalue weighted by Crippen LogP contribution is -2.56. The number of likely N-dealkylation sites (tertiary alicyclic amines) is 1. The molecule has 5 heteroatoms. The molecule has 4 aliphatic carbocycles. The van der Waals surface area contributed by atoms with Gasteiger partial charge < -0.3 is 15.6 Å². The fourth-order valence-electron chi connectivity index (χ4n) is 10.6. The molecule has 5 fully saturated rings. The predicted molar refractivity (Wildman–Crippen MR) is 147 cm³/mol. The molecule has 2 bridgehead atoms. The van der Waals surface area contributed by atoms with E-state index in [-0.39, 0.29) is 28.6 Å². The Labute approximate surface area is 225 Å². The molecule has 10 atom stereocenters. The number of fused-ring (bicyclic) bond motifs is 4. The lowest BCUT2D eigenvalue weighted by molar-refractivity contribution is -0.141. The summed E-state index contributed by atoms with van der Waals surface area (Å²) in [6.45, 7) is 4.64. The third kappa shape index (κ3) is 2.79. The first kappa shape index (κ1) is 22.7. The molecule has 3 aliphatic heterocycles. The maximum absolute atomic E-state index is 11.7. The third-order valence-electron chi connectivity index (χ3n) is 12.3. The Morgan fingerprint density at radius 2 is 2.08 bits per heavy atom. The summed E-state index contributed by atoms with van der Waals surface area (Å²) >= 11 is 0. The van der Waals surface area contributed by atoms with Gasteiger partial charge >= 0.3 is 0 Å². The van der Waals surface area contributed by atoms with E-state index in [1.807, 2.05) is 12.4 Å². The first-order valence-corrected chi connectivity index (χ1v) is 15.0. The Bertz CT molecular complexity index is 1420. The van der Waals surface area contributed by atoms with Crippen LogP contribution in [0.1, 0.15) is 63.4 Å². The normalized spacial score (nSPS) is 48.7. The van der Waals surface area contributed by atoms with Crippen molar-refractivity contribution in [2.45, 2.75) is 87.2 Å². The van der Waals surface area contributed by atoms with Crippen LogP contribution in [0, 0.1) is 23.2 Å². The number of aliphatic hydroxyl groups excluding tert-OH is 1. The van der Waals surface area contributed by atoms with Crippen molar-refractivity contribution in [1.82, 2.24) is 9.88 Å². The summed E-state index contributed by atoms with van der Waals surface area (Å²) in [6.07, 6.45) is 16.2. The molecule has 3 saturated carbocycles. The smallest absolute Gasteiger partial charge is 0.0975 e. The minimum Gasteiger partial charge on any atom is -0.392 e. The van der Waals surface area contributed by atoms with Crippen molar-refractivity contribution in [3.8, 4) is 0 Å². The van der Waals surface area contributed by atoms with Crippen LogP contribution in [0.5, 0.6) is 0 Å². The lowest BCUT2D eigenvalue weighted by atomic mass is 9.58. The fraction of sp³-hybridized carbons (Fsp3) is 0.606. The van der Waals surface area contributed by atoms with Crippen LogP contribution in [0.15, 0.2) is 60.0 Å². The second-order valence-electron chi connectivity index (χ2n) is 14.1. The number of allylic oxidation sites excluding steroid dienone is 1. The molecule has 198 valence electrons. The molecule has 4 heterocycles. The fourth-order valence-corrected chi connectivity index (χ4v) is 10.6. The van der Waals surface area contributed by atoms with Crippen LogP contribution in [0.2, 0.25) is 0 Å². The first-order chi connectivity index (χ1) is 18.4. The van der Waals surface area contributed by atoms with Gasteiger partial charge in [0.25, 0.3) is 0 Å². The van der Waals surface area contributed by atoms with Crippen LogP contribution in [-0.4, -0.2) is 57.5 Å². The number of aromatic nitrogens is 1. The van der Waals surface area contributed by atoms with Gasteiger partial charge in [0, 0.05) is 54.8 Å². The molecule has 9 rings (SSSR count). The van der Waals surface area contributed by atoms with Gasteiger partial charge in [-0.1, -0.05) is 31.2 Å². The monoisotopic (exact) mass is 509 g/mol. The van der Waals surface area contributed by atoms with Crippen LogP contribution in [0.3, 0.4) is 0 Å². The van der Waals surface area contributed by atoms with Gasteiger partial charge in [-0.05, 0) is 96.4 Å². The van der Waals surface area contributed by atoms with E-state index in [4.69, 9.17) is 10.5 Å². The molecule has 3 N–H and O–H groups in total. The zero-order valence-corrected chi connectivity index (χ0v) is 22.4. The number of hydrogen-bond acceptors (Lipinski definition) is 5. The van der Waals surface area contributed by atoms with Crippen LogP contribution in [0.25, 0.3) is 10.8 Å². The van der Waals surface area contributed by atoms with Gasteiger partial charge in [-0.3, -0.25) is 9.88 Å². The Morgan fingerprint density at radius 3 is 2.95 bits per heavy atom. The molecule has 7 aliphatic rings. The van der Waals surface area contributed by atoms with Gasteiger partial charge in [-0.25, -0.2) is 0 Å². The average molecular weight is 510 g/mol. The number of hydrogen-bond donors (Lipinski definition) is 2. The minimum absolute atomic E-state index is 0.0341. The highest BCUT2D eigenvalue weighted by Crippen LogP contribution is 2.72. The number of nitrogens with two attached hydrogens (primary N) is 1. The highest BCUT2D eigenvalue weighted by Gasteiger charge is 2.71. The highest BCUT2D eigenvalue weighted by atomic mass is 16.5. The summed E-state index contributed by atoms with van der Waals surface area (Å²) < 4.78 is 7.56. The van der Waals surface area contributed by atoms with Crippen LogP contribution >= 0.6 is 0 Å². The highest BCUT2D eigenvalue weighted by molar-refractivity contribution is 5.82. The van der Waals surface area contributed by atoms with Crippen molar-refractivity contribution < 1.29 is 9.84 Å². The Morgan fingerprint density at radius 1 is 1.16 bits per heavy atom. The second kappa shape index (κ2) is 7.37. The van der Waals surface area contributed by atoms with E-state index in [2.05, 4.69) is 53.2 Å². The number of benzene rings is 1. The summed E-state index contributed by atoms with van der Waals surface area (Å²) in [6, 6.07) is 9.74. The molecule has 38 heavy (non-hydrogen) atoms. The summed E-state index contributed by atoms with van der Waals surface area (Å²) in [5, 5.41) is 14.0. The number of rotatable bonds is 2. The topological polar surface area (TPSA) is 71.6 Å². The zero-order valence-electron chi connectivity index (χ0n) is 22.4. The Hall–Kier alpha value is -2.05. The SMILES string of the molecule is C[C@]12CC=C3C=C4[C@H]5C[C@H]5[C@@H](N5CC[C@@H](N)C5)C[C@]45CCC3(O5)[C@@H]1C[C@@H](O)[C@@H]2c1ccc2ccncc2c1. The third-order valence-corrected chi connectivity index (χ3v) is 12.3. The predicted octanol–water partition coefficient (Wildman–Crippen LogP) is 4.71. The zero-order chi connectivity index (χ0) is 25.4. The van der Waals surface area contributed by atoms with E-state index in [1.165, 1.54) is 22.9 Å². The van der Waals surface area contributed by atoms with Crippen molar-refractivity contribution in [2.75, 3.05) is 13.1 Å². The van der Waals surface area contributed by atoms with Crippen molar-refractivity contribution >= 4 is 10.8 Å². The van der Waals surface area contributed by atoms with E-state index in [0.29, 0.717) is 23.9 Å². The van der Waals surface area contributed by atoms with E-state index in [0.717, 1.165) is 62.9 Å². The van der Waals surface area contributed by atoms with Crippen LogP contribution in [-0.2, 0) is 4.74 Å². The van der Waals surface area contributed by atoms with E-state index in [1.54, 1.807) is 5.57 Å².